The van der Waals surface area contributed by atoms with Crippen LogP contribution < -0.4 is 4.74 Å². The zero-order valence-electron chi connectivity index (χ0n) is 16.0. The molecule has 3 aliphatic rings. The van der Waals surface area contributed by atoms with Gasteiger partial charge in [-0.15, -0.1) is 0 Å². The number of carbonyl (C=O) groups excluding carboxylic acids is 1. The highest BCUT2D eigenvalue weighted by atomic mass is 32.2. The molecule has 1 amide bonds. The molecule has 148 valence electrons. The lowest BCUT2D eigenvalue weighted by molar-refractivity contribution is -0.142. The molecular formula is C21H30N2O3S. The molecule has 4 heterocycles. The number of amides is 1. The monoisotopic (exact) mass is 390 g/mol. The summed E-state index contributed by atoms with van der Waals surface area (Å²) in [5.41, 5.74) is -0.0442. The van der Waals surface area contributed by atoms with Gasteiger partial charge >= 0.3 is 0 Å². The summed E-state index contributed by atoms with van der Waals surface area (Å²) in [6, 6.07) is 3.84. The fourth-order valence-electron chi connectivity index (χ4n) is 4.81. The molecule has 4 rings (SSSR count). The maximum absolute atomic E-state index is 12.8. The van der Waals surface area contributed by atoms with Crippen LogP contribution >= 0.6 is 11.8 Å². The van der Waals surface area contributed by atoms with Crippen molar-refractivity contribution in [2.75, 3.05) is 37.8 Å². The Morgan fingerprint density at radius 1 is 1.30 bits per heavy atom. The Bertz CT molecular complexity index is 613. The van der Waals surface area contributed by atoms with Crippen LogP contribution in [0.4, 0.5) is 0 Å². The normalized spacial score (nSPS) is 25.6. The summed E-state index contributed by atoms with van der Waals surface area (Å²) in [7, 11) is 0. The molecule has 0 unspecified atom stereocenters. The first-order valence-corrected chi connectivity index (χ1v) is 11.5. The lowest BCUT2D eigenvalue weighted by atomic mass is 9.78. The number of rotatable bonds is 5. The molecule has 0 N–H and O–H groups in total. The molecule has 1 aromatic rings. The maximum atomic E-state index is 12.8. The van der Waals surface area contributed by atoms with E-state index in [1.807, 2.05) is 23.9 Å². The Labute approximate surface area is 166 Å². The van der Waals surface area contributed by atoms with Crippen molar-refractivity contribution < 1.29 is 14.3 Å². The van der Waals surface area contributed by atoms with Gasteiger partial charge in [0.15, 0.2) is 0 Å². The van der Waals surface area contributed by atoms with Gasteiger partial charge in [-0.3, -0.25) is 9.78 Å². The number of aromatic nitrogens is 1. The van der Waals surface area contributed by atoms with Crippen molar-refractivity contribution >= 4 is 17.7 Å². The maximum Gasteiger partial charge on any atom is 0.225 e. The molecule has 1 atom stereocenters. The summed E-state index contributed by atoms with van der Waals surface area (Å²) in [6.45, 7) is 3.24. The van der Waals surface area contributed by atoms with Crippen molar-refractivity contribution in [2.24, 2.45) is 11.8 Å². The van der Waals surface area contributed by atoms with Crippen LogP contribution in [0.5, 0.6) is 5.75 Å². The van der Waals surface area contributed by atoms with Gasteiger partial charge in [-0.1, -0.05) is 0 Å². The molecule has 3 fully saturated rings. The zero-order chi connectivity index (χ0) is 18.5. The first-order valence-electron chi connectivity index (χ1n) is 10.3. The van der Waals surface area contributed by atoms with Gasteiger partial charge in [0.1, 0.15) is 5.75 Å². The molecule has 5 nitrogen and oxygen atoms in total. The van der Waals surface area contributed by atoms with E-state index in [-0.39, 0.29) is 11.5 Å². The van der Waals surface area contributed by atoms with Gasteiger partial charge in [-0.2, -0.15) is 11.8 Å². The van der Waals surface area contributed by atoms with Crippen molar-refractivity contribution in [3.63, 3.8) is 0 Å². The highest BCUT2D eigenvalue weighted by molar-refractivity contribution is 7.99. The van der Waals surface area contributed by atoms with Gasteiger partial charge in [0.25, 0.3) is 0 Å². The predicted molar refractivity (Wildman–Crippen MR) is 107 cm³/mol. The van der Waals surface area contributed by atoms with Gasteiger partial charge in [0.05, 0.1) is 18.4 Å². The van der Waals surface area contributed by atoms with Gasteiger partial charge in [-0.05, 0) is 68.1 Å². The highest BCUT2D eigenvalue weighted by Gasteiger charge is 2.46. The van der Waals surface area contributed by atoms with Crippen LogP contribution in [0.2, 0.25) is 0 Å². The summed E-state index contributed by atoms with van der Waals surface area (Å²) in [4.78, 5) is 19.0. The number of carbonyl (C=O) groups is 1. The molecule has 0 aromatic carbocycles. The smallest absolute Gasteiger partial charge is 0.225 e. The highest BCUT2D eigenvalue weighted by Crippen LogP contribution is 2.42. The number of pyridine rings is 1. The van der Waals surface area contributed by atoms with Crippen molar-refractivity contribution in [1.29, 1.82) is 0 Å². The average molecular weight is 391 g/mol. The number of hydrogen-bond donors (Lipinski definition) is 0. The quantitative estimate of drug-likeness (QED) is 0.771. The van der Waals surface area contributed by atoms with E-state index in [0.717, 1.165) is 75.5 Å². The standard InChI is InChI=1S/C21H30N2O3S/c24-20(17-5-14-27-15-6-17)23-10-7-21(8-11-23)18(4-13-26-21)3-12-25-19-2-1-9-22-16-19/h1-2,9,16-18H,3-8,10-15H2/t18-/m0/s1. The average Bonchev–Trinajstić information content (AvgIpc) is 3.11. The SMILES string of the molecule is O=C(C1CCSCC1)N1CCC2(CC1)OCC[C@@H]2CCOc1cccnc1. The van der Waals surface area contributed by atoms with Gasteiger partial charge in [0, 0.05) is 31.8 Å². The van der Waals surface area contributed by atoms with Crippen LogP contribution in [0, 0.1) is 11.8 Å². The third kappa shape index (κ3) is 4.43. The summed E-state index contributed by atoms with van der Waals surface area (Å²) in [5.74, 6) is 4.27. The van der Waals surface area contributed by atoms with E-state index in [2.05, 4.69) is 9.88 Å². The Morgan fingerprint density at radius 3 is 2.85 bits per heavy atom. The molecule has 0 radical (unpaired) electrons. The predicted octanol–water partition coefficient (Wildman–Crippen LogP) is 3.39. The molecule has 3 aliphatic heterocycles. The van der Waals surface area contributed by atoms with Gasteiger partial charge in [0.2, 0.25) is 5.91 Å². The number of ether oxygens (including phenoxy) is 2. The van der Waals surface area contributed by atoms with Crippen molar-refractivity contribution in [2.45, 2.75) is 44.1 Å². The van der Waals surface area contributed by atoms with Crippen LogP contribution in [-0.4, -0.2) is 59.2 Å². The van der Waals surface area contributed by atoms with Crippen molar-refractivity contribution in [3.05, 3.63) is 24.5 Å². The molecular weight excluding hydrogens is 360 g/mol. The van der Waals surface area contributed by atoms with E-state index >= 15 is 0 Å². The van der Waals surface area contributed by atoms with E-state index < -0.39 is 0 Å². The first-order chi connectivity index (χ1) is 13.3. The third-order valence-corrected chi connectivity index (χ3v) is 7.51. The molecule has 0 aliphatic carbocycles. The van der Waals surface area contributed by atoms with E-state index in [1.54, 1.807) is 12.4 Å². The summed E-state index contributed by atoms with van der Waals surface area (Å²) >= 11 is 1.98. The van der Waals surface area contributed by atoms with Crippen molar-refractivity contribution in [1.82, 2.24) is 9.88 Å². The summed E-state index contributed by atoms with van der Waals surface area (Å²) in [5, 5.41) is 0. The van der Waals surface area contributed by atoms with E-state index in [9.17, 15) is 4.79 Å². The minimum absolute atomic E-state index is 0.0442. The van der Waals surface area contributed by atoms with Crippen molar-refractivity contribution in [3.8, 4) is 5.75 Å². The lowest BCUT2D eigenvalue weighted by Gasteiger charge is -2.43. The fourth-order valence-corrected chi connectivity index (χ4v) is 5.91. The lowest BCUT2D eigenvalue weighted by Crippen LogP contribution is -2.51. The van der Waals surface area contributed by atoms with Crippen LogP contribution in [-0.2, 0) is 9.53 Å². The minimum Gasteiger partial charge on any atom is -0.492 e. The number of hydrogen-bond acceptors (Lipinski definition) is 5. The Morgan fingerprint density at radius 2 is 2.11 bits per heavy atom. The largest absolute Gasteiger partial charge is 0.492 e. The molecule has 27 heavy (non-hydrogen) atoms. The second-order valence-electron chi connectivity index (χ2n) is 7.94. The van der Waals surface area contributed by atoms with Crippen LogP contribution in [0.1, 0.15) is 38.5 Å². The molecule has 3 saturated heterocycles. The molecule has 0 bridgehead atoms. The number of piperidine rings is 1. The number of thioether (sulfide) groups is 1. The minimum atomic E-state index is -0.0442. The van der Waals surface area contributed by atoms with E-state index in [0.29, 0.717) is 18.4 Å². The second-order valence-corrected chi connectivity index (χ2v) is 9.16. The summed E-state index contributed by atoms with van der Waals surface area (Å²) in [6.07, 6.45) is 9.66. The third-order valence-electron chi connectivity index (χ3n) is 6.46. The topological polar surface area (TPSA) is 51.7 Å². The fraction of sp³-hybridized carbons (Fsp3) is 0.714. The molecule has 0 saturated carbocycles. The summed E-state index contributed by atoms with van der Waals surface area (Å²) < 4.78 is 12.1. The van der Waals surface area contributed by atoms with Gasteiger partial charge in [-0.25, -0.2) is 0 Å². The Balaban J connectivity index is 1.27. The van der Waals surface area contributed by atoms with Gasteiger partial charge < -0.3 is 14.4 Å². The van der Waals surface area contributed by atoms with Crippen LogP contribution in [0.3, 0.4) is 0 Å². The Kier molecular flexibility index (Phi) is 6.23. The van der Waals surface area contributed by atoms with Crippen LogP contribution in [0.15, 0.2) is 24.5 Å². The zero-order valence-corrected chi connectivity index (χ0v) is 16.8. The Hall–Kier alpha value is -1.27. The second kappa shape index (κ2) is 8.82. The first kappa shape index (κ1) is 19.1. The van der Waals surface area contributed by atoms with E-state index in [1.165, 1.54) is 0 Å². The van der Waals surface area contributed by atoms with E-state index in [4.69, 9.17) is 9.47 Å². The van der Waals surface area contributed by atoms with Crippen LogP contribution in [0.25, 0.3) is 0 Å². The number of nitrogens with zero attached hydrogens (tertiary/aromatic N) is 2. The molecule has 1 spiro atoms. The number of likely N-dealkylation sites (tertiary alicyclic amines) is 1. The molecule has 1 aromatic heterocycles. The molecule has 6 heteroatoms.